The van der Waals surface area contributed by atoms with Gasteiger partial charge in [-0.15, -0.1) is 0 Å². The molecule has 0 heterocycles. The molecule has 0 saturated heterocycles. The summed E-state index contributed by atoms with van der Waals surface area (Å²) in [4.78, 5) is 0. The second-order valence-corrected chi connectivity index (χ2v) is 5.21. The Morgan fingerprint density at radius 3 is 3.06 bits per heavy atom. The van der Waals surface area contributed by atoms with Crippen LogP contribution in [0.4, 0.5) is 0 Å². The average molecular weight is 247 g/mol. The van der Waals surface area contributed by atoms with Crippen LogP contribution in [0, 0.1) is 6.92 Å². The normalized spacial score (nSPS) is 18.0. The van der Waals surface area contributed by atoms with Crippen molar-refractivity contribution in [1.82, 2.24) is 5.32 Å². The first kappa shape index (κ1) is 13.6. The molecule has 1 unspecified atom stereocenters. The van der Waals surface area contributed by atoms with E-state index in [4.69, 9.17) is 4.74 Å². The van der Waals surface area contributed by atoms with Crippen LogP contribution in [0.2, 0.25) is 0 Å². The molecule has 0 aliphatic heterocycles. The Labute approximate surface area is 111 Å². The van der Waals surface area contributed by atoms with Crippen LogP contribution in [0.25, 0.3) is 0 Å². The fourth-order valence-corrected chi connectivity index (χ4v) is 2.59. The Bertz CT molecular complexity index is 375. The van der Waals surface area contributed by atoms with Gasteiger partial charge >= 0.3 is 0 Å². The number of hydrogen-bond donors (Lipinski definition) is 1. The highest BCUT2D eigenvalue weighted by Gasteiger charge is 2.21. The van der Waals surface area contributed by atoms with Crippen molar-refractivity contribution in [2.75, 3.05) is 19.8 Å². The molecule has 18 heavy (non-hydrogen) atoms. The molecule has 0 aromatic heterocycles. The molecule has 0 bridgehead atoms. The largest absolute Gasteiger partial charge is 0.380 e. The van der Waals surface area contributed by atoms with E-state index >= 15 is 0 Å². The van der Waals surface area contributed by atoms with E-state index in [9.17, 15) is 0 Å². The molecule has 1 aliphatic carbocycles. The van der Waals surface area contributed by atoms with E-state index in [1.165, 1.54) is 42.4 Å². The second-order valence-electron chi connectivity index (χ2n) is 5.21. The Kier molecular flexibility index (Phi) is 5.21. The molecule has 2 nitrogen and oxygen atoms in total. The summed E-state index contributed by atoms with van der Waals surface area (Å²) in [6.07, 6.45) is 4.83. The lowest BCUT2D eigenvalue weighted by molar-refractivity contribution is 0.131. The third-order valence-electron chi connectivity index (χ3n) is 3.66. The van der Waals surface area contributed by atoms with Gasteiger partial charge in [-0.1, -0.05) is 37.1 Å². The van der Waals surface area contributed by atoms with E-state index in [-0.39, 0.29) is 0 Å². The lowest BCUT2D eigenvalue weighted by Crippen LogP contribution is -2.24. The quantitative estimate of drug-likeness (QED) is 0.746. The predicted molar refractivity (Wildman–Crippen MR) is 76.0 cm³/mol. The van der Waals surface area contributed by atoms with Gasteiger partial charge in [0.1, 0.15) is 0 Å². The van der Waals surface area contributed by atoms with Crippen LogP contribution in [0.3, 0.4) is 0 Å². The van der Waals surface area contributed by atoms with Gasteiger partial charge in [-0.25, -0.2) is 0 Å². The van der Waals surface area contributed by atoms with Crippen LogP contribution in [-0.2, 0) is 11.2 Å². The zero-order valence-corrected chi connectivity index (χ0v) is 11.7. The summed E-state index contributed by atoms with van der Waals surface area (Å²) in [5.41, 5.74) is 4.38. The fourth-order valence-electron chi connectivity index (χ4n) is 2.59. The Morgan fingerprint density at radius 2 is 2.22 bits per heavy atom. The topological polar surface area (TPSA) is 21.3 Å². The molecule has 0 spiro atoms. The van der Waals surface area contributed by atoms with Crippen LogP contribution < -0.4 is 5.32 Å². The summed E-state index contributed by atoms with van der Waals surface area (Å²) in [7, 11) is 0. The Morgan fingerprint density at radius 1 is 1.33 bits per heavy atom. The van der Waals surface area contributed by atoms with Crippen LogP contribution in [0.15, 0.2) is 18.2 Å². The predicted octanol–water partition coefficient (Wildman–Crippen LogP) is 3.39. The SMILES string of the molecule is CCCCOCCNC1CCc2ccc(C)cc21. The molecule has 1 aromatic rings. The highest BCUT2D eigenvalue weighted by molar-refractivity contribution is 5.37. The van der Waals surface area contributed by atoms with E-state index in [1.54, 1.807) is 0 Å². The molecule has 1 atom stereocenters. The first-order valence-electron chi connectivity index (χ1n) is 7.22. The van der Waals surface area contributed by atoms with Gasteiger partial charge < -0.3 is 10.1 Å². The minimum absolute atomic E-state index is 0.537. The molecular formula is C16H25NO. The van der Waals surface area contributed by atoms with E-state index < -0.39 is 0 Å². The monoisotopic (exact) mass is 247 g/mol. The first-order chi connectivity index (χ1) is 8.81. The number of unbranched alkanes of at least 4 members (excludes halogenated alkanes) is 1. The molecule has 0 radical (unpaired) electrons. The maximum atomic E-state index is 5.58. The highest BCUT2D eigenvalue weighted by Crippen LogP contribution is 2.31. The maximum absolute atomic E-state index is 5.58. The maximum Gasteiger partial charge on any atom is 0.0591 e. The summed E-state index contributed by atoms with van der Waals surface area (Å²) in [6.45, 7) is 7.06. The van der Waals surface area contributed by atoms with Crippen molar-refractivity contribution in [3.8, 4) is 0 Å². The van der Waals surface area contributed by atoms with Crippen LogP contribution in [0.1, 0.15) is 48.9 Å². The van der Waals surface area contributed by atoms with Crippen LogP contribution in [-0.4, -0.2) is 19.8 Å². The van der Waals surface area contributed by atoms with E-state index in [1.807, 2.05) is 0 Å². The van der Waals surface area contributed by atoms with Crippen molar-refractivity contribution in [2.45, 2.75) is 45.6 Å². The van der Waals surface area contributed by atoms with Crippen molar-refractivity contribution < 1.29 is 4.74 Å². The van der Waals surface area contributed by atoms with Gasteiger partial charge in [0.25, 0.3) is 0 Å². The number of benzene rings is 1. The molecule has 1 aromatic carbocycles. The van der Waals surface area contributed by atoms with Gasteiger partial charge in [0.05, 0.1) is 6.61 Å². The third kappa shape index (κ3) is 3.56. The van der Waals surface area contributed by atoms with Gasteiger partial charge in [0, 0.05) is 19.2 Å². The number of ether oxygens (including phenoxy) is 1. The van der Waals surface area contributed by atoms with Gasteiger partial charge in [-0.3, -0.25) is 0 Å². The summed E-state index contributed by atoms with van der Waals surface area (Å²) in [5.74, 6) is 0. The van der Waals surface area contributed by atoms with Gasteiger partial charge in [-0.05, 0) is 37.3 Å². The zero-order valence-electron chi connectivity index (χ0n) is 11.7. The van der Waals surface area contributed by atoms with Gasteiger partial charge in [0.2, 0.25) is 0 Å². The Balaban J connectivity index is 1.74. The lowest BCUT2D eigenvalue weighted by atomic mass is 10.1. The van der Waals surface area contributed by atoms with Crippen molar-refractivity contribution >= 4 is 0 Å². The minimum Gasteiger partial charge on any atom is -0.380 e. The van der Waals surface area contributed by atoms with E-state index in [2.05, 4.69) is 37.4 Å². The number of aryl methyl sites for hydroxylation is 2. The molecule has 0 fully saturated rings. The number of rotatable bonds is 7. The number of hydrogen-bond acceptors (Lipinski definition) is 2. The molecule has 2 heteroatoms. The highest BCUT2D eigenvalue weighted by atomic mass is 16.5. The van der Waals surface area contributed by atoms with Crippen LogP contribution in [0.5, 0.6) is 0 Å². The first-order valence-corrected chi connectivity index (χ1v) is 7.22. The fraction of sp³-hybridized carbons (Fsp3) is 0.625. The van der Waals surface area contributed by atoms with E-state index in [0.29, 0.717) is 6.04 Å². The van der Waals surface area contributed by atoms with Crippen molar-refractivity contribution in [3.63, 3.8) is 0 Å². The minimum atomic E-state index is 0.537. The summed E-state index contributed by atoms with van der Waals surface area (Å²) < 4.78 is 5.58. The average Bonchev–Trinajstić information content (AvgIpc) is 2.76. The zero-order chi connectivity index (χ0) is 12.8. The van der Waals surface area contributed by atoms with Gasteiger partial charge in [-0.2, -0.15) is 0 Å². The molecule has 1 N–H and O–H groups in total. The summed E-state index contributed by atoms with van der Waals surface area (Å²) in [6, 6.07) is 7.37. The second kappa shape index (κ2) is 6.91. The van der Waals surface area contributed by atoms with Crippen LogP contribution >= 0.6 is 0 Å². The van der Waals surface area contributed by atoms with Crippen molar-refractivity contribution in [1.29, 1.82) is 0 Å². The Hall–Kier alpha value is -0.860. The summed E-state index contributed by atoms with van der Waals surface area (Å²) in [5, 5.41) is 3.62. The number of nitrogens with one attached hydrogen (secondary N) is 1. The number of fused-ring (bicyclic) bond motifs is 1. The van der Waals surface area contributed by atoms with Gasteiger partial charge in [0.15, 0.2) is 0 Å². The molecule has 100 valence electrons. The molecule has 0 amide bonds. The molecular weight excluding hydrogens is 222 g/mol. The standard InChI is InChI=1S/C16H25NO/c1-3-4-10-18-11-9-17-16-8-7-14-6-5-13(2)12-15(14)16/h5-6,12,16-17H,3-4,7-11H2,1-2H3. The van der Waals surface area contributed by atoms with E-state index in [0.717, 1.165) is 19.8 Å². The van der Waals surface area contributed by atoms with Crippen molar-refractivity contribution in [3.05, 3.63) is 34.9 Å². The summed E-state index contributed by atoms with van der Waals surface area (Å²) >= 11 is 0. The third-order valence-corrected chi connectivity index (χ3v) is 3.66. The smallest absolute Gasteiger partial charge is 0.0591 e. The van der Waals surface area contributed by atoms with Crippen molar-refractivity contribution in [2.24, 2.45) is 0 Å². The molecule has 0 saturated carbocycles. The molecule has 1 aliphatic rings. The molecule has 2 rings (SSSR count). The lowest BCUT2D eigenvalue weighted by Gasteiger charge is -2.14.